The van der Waals surface area contributed by atoms with Gasteiger partial charge in [-0.05, 0) is 42.7 Å². The molecule has 3 aromatic rings. The van der Waals surface area contributed by atoms with E-state index in [-0.39, 0.29) is 6.42 Å². The number of benzene rings is 1. The lowest BCUT2D eigenvalue weighted by atomic mass is 10.1. The summed E-state index contributed by atoms with van der Waals surface area (Å²) in [5.74, 6) is 0.606. The lowest BCUT2D eigenvalue weighted by Crippen LogP contribution is -2.22. The van der Waals surface area contributed by atoms with Gasteiger partial charge in [0.05, 0.1) is 13.0 Å². The first-order chi connectivity index (χ1) is 12.9. The number of hydrogen-bond acceptors (Lipinski definition) is 5. The molecule has 2 aromatic heterocycles. The lowest BCUT2D eigenvalue weighted by Gasteiger charge is -2.17. The van der Waals surface area contributed by atoms with Crippen LogP contribution < -0.4 is 9.64 Å². The molecule has 0 saturated heterocycles. The van der Waals surface area contributed by atoms with Gasteiger partial charge in [-0.25, -0.2) is 9.97 Å². The van der Waals surface area contributed by atoms with Crippen LogP contribution >= 0.6 is 0 Å². The molecule has 3 rings (SSSR count). The van der Waals surface area contributed by atoms with Crippen molar-refractivity contribution < 1.29 is 14.6 Å². The van der Waals surface area contributed by atoms with E-state index in [0.717, 1.165) is 40.7 Å². The minimum absolute atomic E-state index is 0.00212. The highest BCUT2D eigenvalue weighted by Crippen LogP contribution is 2.26. The van der Waals surface area contributed by atoms with Crippen molar-refractivity contribution in [2.24, 2.45) is 7.05 Å². The molecule has 1 N–H and O–H groups in total. The van der Waals surface area contributed by atoms with Gasteiger partial charge in [-0.3, -0.25) is 4.79 Å². The van der Waals surface area contributed by atoms with E-state index >= 15 is 0 Å². The Hall–Kier alpha value is -3.09. The molecular formula is C20H24N4O3. The maximum Gasteiger partial charge on any atom is 0.307 e. The molecule has 0 aliphatic rings. The van der Waals surface area contributed by atoms with Gasteiger partial charge in [-0.2, -0.15) is 0 Å². The maximum absolute atomic E-state index is 11.1. The zero-order valence-electron chi connectivity index (χ0n) is 15.8. The molecule has 0 bridgehead atoms. The second-order valence-corrected chi connectivity index (χ2v) is 6.70. The molecule has 27 heavy (non-hydrogen) atoms. The van der Waals surface area contributed by atoms with E-state index in [4.69, 9.17) is 9.84 Å². The minimum atomic E-state index is -0.838. The number of hydrogen-bond donors (Lipinski definition) is 1. The number of ether oxygens (including phenoxy) is 1. The Bertz CT molecular complexity index is 934. The van der Waals surface area contributed by atoms with Gasteiger partial charge in [0.15, 0.2) is 0 Å². The normalized spacial score (nSPS) is 10.9. The number of carboxylic acids is 1. The number of rotatable bonds is 8. The van der Waals surface area contributed by atoms with Crippen molar-refractivity contribution in [3.05, 3.63) is 47.9 Å². The molecule has 0 unspecified atom stereocenters. The van der Waals surface area contributed by atoms with E-state index in [0.29, 0.717) is 12.6 Å². The highest BCUT2D eigenvalue weighted by molar-refractivity contribution is 5.88. The topological polar surface area (TPSA) is 80.5 Å². The highest BCUT2D eigenvalue weighted by atomic mass is 16.5. The standard InChI is InChI=1S/C20H24N4O3/c1-14-11-21-20(22-12-14)23(2)7-4-8-27-16-5-6-18-17(10-16)15(9-19(25)26)13-24(18)3/h5-6,10-13H,4,7-9H2,1-3H3,(H,25,26). The van der Waals surface area contributed by atoms with E-state index in [9.17, 15) is 4.79 Å². The molecule has 7 nitrogen and oxygen atoms in total. The molecule has 0 atom stereocenters. The van der Waals surface area contributed by atoms with Crippen LogP contribution in [-0.4, -0.2) is 45.8 Å². The summed E-state index contributed by atoms with van der Waals surface area (Å²) in [5, 5.41) is 10.0. The molecule has 2 heterocycles. The van der Waals surface area contributed by atoms with E-state index in [1.807, 2.05) is 54.9 Å². The van der Waals surface area contributed by atoms with Crippen LogP contribution in [0.1, 0.15) is 17.5 Å². The molecule has 0 fully saturated rings. The van der Waals surface area contributed by atoms with Gasteiger partial charge in [0.1, 0.15) is 5.75 Å². The Morgan fingerprint density at radius 1 is 1.30 bits per heavy atom. The summed E-state index contributed by atoms with van der Waals surface area (Å²) in [4.78, 5) is 21.7. The van der Waals surface area contributed by atoms with Gasteiger partial charge in [-0.1, -0.05) is 0 Å². The molecule has 142 valence electrons. The van der Waals surface area contributed by atoms with E-state index in [2.05, 4.69) is 9.97 Å². The van der Waals surface area contributed by atoms with Crippen molar-refractivity contribution >= 4 is 22.8 Å². The quantitative estimate of drug-likeness (QED) is 0.616. The Morgan fingerprint density at radius 2 is 2.04 bits per heavy atom. The number of nitrogens with zero attached hydrogens (tertiary/aromatic N) is 4. The van der Waals surface area contributed by atoms with E-state index < -0.39 is 5.97 Å². The number of anilines is 1. The second kappa shape index (κ2) is 8.07. The third-order valence-corrected chi connectivity index (χ3v) is 4.40. The summed E-state index contributed by atoms with van der Waals surface area (Å²) in [5.41, 5.74) is 2.82. The van der Waals surface area contributed by atoms with Crippen LogP contribution in [-0.2, 0) is 18.3 Å². The molecule has 0 aliphatic carbocycles. The van der Waals surface area contributed by atoms with Crippen LogP contribution in [0.2, 0.25) is 0 Å². The predicted molar refractivity (Wildman–Crippen MR) is 104 cm³/mol. The summed E-state index contributed by atoms with van der Waals surface area (Å²) < 4.78 is 7.80. The fourth-order valence-electron chi connectivity index (χ4n) is 3.02. The second-order valence-electron chi connectivity index (χ2n) is 6.70. The number of aliphatic carboxylic acids is 1. The molecule has 0 saturated carbocycles. The fraction of sp³-hybridized carbons (Fsp3) is 0.350. The molecular weight excluding hydrogens is 344 g/mol. The number of aryl methyl sites for hydroxylation is 2. The Balaban J connectivity index is 1.58. The molecule has 0 aliphatic heterocycles. The molecule has 7 heteroatoms. The zero-order valence-corrected chi connectivity index (χ0v) is 15.8. The number of carbonyl (C=O) groups is 1. The van der Waals surface area contributed by atoms with Crippen LogP contribution in [0.5, 0.6) is 5.75 Å². The van der Waals surface area contributed by atoms with Gasteiger partial charge in [-0.15, -0.1) is 0 Å². The fourth-order valence-corrected chi connectivity index (χ4v) is 3.02. The van der Waals surface area contributed by atoms with E-state index in [1.165, 1.54) is 0 Å². The summed E-state index contributed by atoms with van der Waals surface area (Å²) in [6, 6.07) is 5.79. The summed E-state index contributed by atoms with van der Waals surface area (Å²) >= 11 is 0. The molecule has 0 radical (unpaired) electrons. The van der Waals surface area contributed by atoms with Crippen molar-refractivity contribution in [2.45, 2.75) is 19.8 Å². The van der Waals surface area contributed by atoms with Crippen LogP contribution in [0.15, 0.2) is 36.8 Å². The lowest BCUT2D eigenvalue weighted by molar-refractivity contribution is -0.136. The van der Waals surface area contributed by atoms with Crippen molar-refractivity contribution in [3.8, 4) is 5.75 Å². The first-order valence-corrected chi connectivity index (χ1v) is 8.86. The first kappa shape index (κ1) is 18.7. The predicted octanol–water partition coefficient (Wildman–Crippen LogP) is 2.81. The van der Waals surface area contributed by atoms with Crippen molar-refractivity contribution in [3.63, 3.8) is 0 Å². The largest absolute Gasteiger partial charge is 0.494 e. The van der Waals surface area contributed by atoms with Gasteiger partial charge in [0, 0.05) is 50.1 Å². The smallest absolute Gasteiger partial charge is 0.307 e. The SMILES string of the molecule is Cc1cnc(N(C)CCCOc2ccc3c(c2)c(CC(=O)O)cn3C)nc1. The van der Waals surface area contributed by atoms with Crippen LogP contribution in [0.3, 0.4) is 0 Å². The van der Waals surface area contributed by atoms with Crippen molar-refractivity contribution in [2.75, 3.05) is 25.1 Å². The summed E-state index contributed by atoms with van der Waals surface area (Å²) in [6.45, 7) is 3.30. The third-order valence-electron chi connectivity index (χ3n) is 4.40. The summed E-state index contributed by atoms with van der Waals surface area (Å²) in [7, 11) is 3.87. The van der Waals surface area contributed by atoms with Crippen LogP contribution in [0.4, 0.5) is 5.95 Å². The van der Waals surface area contributed by atoms with E-state index in [1.54, 1.807) is 12.4 Å². The van der Waals surface area contributed by atoms with Gasteiger partial charge < -0.3 is 19.3 Å². The van der Waals surface area contributed by atoms with Crippen LogP contribution in [0.25, 0.3) is 10.9 Å². The molecule has 1 aromatic carbocycles. The van der Waals surface area contributed by atoms with Gasteiger partial charge in [0.25, 0.3) is 0 Å². The third kappa shape index (κ3) is 4.55. The van der Waals surface area contributed by atoms with Crippen molar-refractivity contribution in [1.29, 1.82) is 0 Å². The average Bonchev–Trinajstić information content (AvgIpc) is 2.94. The van der Waals surface area contributed by atoms with Gasteiger partial charge >= 0.3 is 5.97 Å². The van der Waals surface area contributed by atoms with Crippen LogP contribution in [0, 0.1) is 6.92 Å². The highest BCUT2D eigenvalue weighted by Gasteiger charge is 2.11. The monoisotopic (exact) mass is 368 g/mol. The molecule has 0 amide bonds. The zero-order chi connectivity index (χ0) is 19.4. The maximum atomic E-state index is 11.1. The van der Waals surface area contributed by atoms with Gasteiger partial charge in [0.2, 0.25) is 5.95 Å². The van der Waals surface area contributed by atoms with Crippen molar-refractivity contribution in [1.82, 2.24) is 14.5 Å². The Labute approximate surface area is 158 Å². The average molecular weight is 368 g/mol. The summed E-state index contributed by atoms with van der Waals surface area (Å²) in [6.07, 6.45) is 6.29. The first-order valence-electron chi connectivity index (χ1n) is 8.86. The number of fused-ring (bicyclic) bond motifs is 1. The Kier molecular flexibility index (Phi) is 5.59. The Morgan fingerprint density at radius 3 is 2.74 bits per heavy atom. The minimum Gasteiger partial charge on any atom is -0.494 e. The molecule has 0 spiro atoms. The number of aromatic nitrogens is 3. The number of carboxylic acid groups (broad SMARTS) is 1.